The first kappa shape index (κ1) is 21.3. The quantitative estimate of drug-likeness (QED) is 0.461. The van der Waals surface area contributed by atoms with Crippen molar-refractivity contribution in [2.24, 2.45) is 11.8 Å². The van der Waals surface area contributed by atoms with E-state index in [0.717, 1.165) is 11.7 Å². The van der Waals surface area contributed by atoms with Crippen LogP contribution in [0.5, 0.6) is 5.75 Å². The molecule has 2 atom stereocenters. The van der Waals surface area contributed by atoms with E-state index in [1.807, 2.05) is 29.2 Å². The largest absolute Gasteiger partial charge is 0.496 e. The number of aldehydes is 1. The van der Waals surface area contributed by atoms with E-state index in [0.29, 0.717) is 65.0 Å². The highest BCUT2D eigenvalue weighted by atomic mass is 16.5. The molecule has 2 fully saturated rings. The zero-order valence-electron chi connectivity index (χ0n) is 19.1. The number of fused-ring (bicyclic) bond motifs is 3. The van der Waals surface area contributed by atoms with Crippen LogP contribution < -0.4 is 4.74 Å². The van der Waals surface area contributed by atoms with Gasteiger partial charge in [0.05, 0.1) is 12.7 Å². The Labute approximate surface area is 200 Å². The van der Waals surface area contributed by atoms with E-state index < -0.39 is 0 Å². The van der Waals surface area contributed by atoms with E-state index in [-0.39, 0.29) is 23.7 Å². The molecule has 2 saturated heterocycles. The van der Waals surface area contributed by atoms with Gasteiger partial charge in [-0.15, -0.1) is 0 Å². The summed E-state index contributed by atoms with van der Waals surface area (Å²) in [5.41, 5.74) is 2.68. The minimum atomic E-state index is -0.181. The first-order valence-corrected chi connectivity index (χ1v) is 11.5. The molecule has 1 aromatic heterocycles. The van der Waals surface area contributed by atoms with Gasteiger partial charge < -0.3 is 14.5 Å². The Morgan fingerprint density at radius 3 is 2.26 bits per heavy atom. The smallest absolute Gasteiger partial charge is 0.254 e. The fourth-order valence-electron chi connectivity index (χ4n) is 5.49. The molecule has 0 saturated carbocycles. The number of ether oxygens (including phenoxy) is 1. The van der Waals surface area contributed by atoms with Gasteiger partial charge in [0, 0.05) is 54.5 Å². The van der Waals surface area contributed by atoms with E-state index in [4.69, 9.17) is 4.74 Å². The Morgan fingerprint density at radius 2 is 1.57 bits per heavy atom. The summed E-state index contributed by atoms with van der Waals surface area (Å²) in [6.45, 7) is 2.27. The van der Waals surface area contributed by atoms with Crippen LogP contribution in [-0.4, -0.2) is 76.6 Å². The maximum Gasteiger partial charge on any atom is 0.254 e. The molecule has 0 bridgehead atoms. The molecule has 0 spiro atoms. The molecule has 3 aromatic carbocycles. The highest BCUT2D eigenvalue weighted by Crippen LogP contribution is 2.35. The Hall–Kier alpha value is -4.27. The lowest BCUT2D eigenvalue weighted by Gasteiger charge is -2.23. The average Bonchev–Trinajstić information content (AvgIpc) is 3.61. The summed E-state index contributed by atoms with van der Waals surface area (Å²) >= 11 is 0. The standard InChI is InChI=1S/C26H23N5O4/c1-35-24-9-20(21(14-32)18-4-2-3-5-19(18)24)26(34)31-12-16-10-30(11-17(16)13-31)25(33)15-6-7-22-23(8-15)28-29-27-22/h2-9,14,16-17H,10-13H2,1H3,(H,27,28,29)/t16-,17-/m1/s1. The molecule has 3 heterocycles. The van der Waals surface area contributed by atoms with Crippen molar-refractivity contribution in [3.05, 3.63) is 65.2 Å². The number of aromatic nitrogens is 3. The fraction of sp³-hybridized carbons (Fsp3) is 0.269. The Kier molecular flexibility index (Phi) is 4.98. The molecule has 176 valence electrons. The van der Waals surface area contributed by atoms with Gasteiger partial charge in [0.1, 0.15) is 16.8 Å². The summed E-state index contributed by atoms with van der Waals surface area (Å²) in [6, 6.07) is 14.4. The van der Waals surface area contributed by atoms with Crippen molar-refractivity contribution < 1.29 is 19.1 Å². The van der Waals surface area contributed by atoms with E-state index in [1.54, 1.807) is 36.3 Å². The van der Waals surface area contributed by atoms with Gasteiger partial charge in [-0.2, -0.15) is 15.4 Å². The molecule has 35 heavy (non-hydrogen) atoms. The summed E-state index contributed by atoms with van der Waals surface area (Å²) in [5.74, 6) is 0.737. The van der Waals surface area contributed by atoms with Crippen LogP contribution in [0.25, 0.3) is 21.8 Å². The third-order valence-electron chi connectivity index (χ3n) is 7.24. The number of carbonyl (C=O) groups excluding carboxylic acids is 3. The van der Waals surface area contributed by atoms with Gasteiger partial charge >= 0.3 is 0 Å². The van der Waals surface area contributed by atoms with Crippen LogP contribution in [0.2, 0.25) is 0 Å². The molecule has 0 unspecified atom stereocenters. The predicted molar refractivity (Wildman–Crippen MR) is 129 cm³/mol. The molecule has 9 nitrogen and oxygen atoms in total. The number of nitrogens with one attached hydrogen (secondary N) is 1. The second kappa shape index (κ2) is 8.19. The molecule has 6 rings (SSSR count). The van der Waals surface area contributed by atoms with Crippen LogP contribution in [0.15, 0.2) is 48.5 Å². The monoisotopic (exact) mass is 469 g/mol. The minimum Gasteiger partial charge on any atom is -0.496 e. The van der Waals surface area contributed by atoms with Gasteiger partial charge in [-0.25, -0.2) is 0 Å². The number of hydrogen-bond acceptors (Lipinski definition) is 6. The minimum absolute atomic E-state index is 0.0373. The van der Waals surface area contributed by atoms with Crippen LogP contribution in [0.1, 0.15) is 31.1 Å². The summed E-state index contributed by atoms with van der Waals surface area (Å²) in [6.07, 6.45) is 0.748. The zero-order valence-corrected chi connectivity index (χ0v) is 19.1. The number of hydrogen-bond donors (Lipinski definition) is 1. The molecule has 2 aliphatic heterocycles. The summed E-state index contributed by atoms with van der Waals surface area (Å²) < 4.78 is 5.52. The molecular weight excluding hydrogens is 446 g/mol. The molecule has 1 N–H and O–H groups in total. The Balaban J connectivity index is 1.21. The Morgan fingerprint density at radius 1 is 0.914 bits per heavy atom. The number of H-pyrrole nitrogens is 1. The lowest BCUT2D eigenvalue weighted by molar-refractivity contribution is 0.0736. The Bertz CT molecular complexity index is 1480. The van der Waals surface area contributed by atoms with Crippen molar-refractivity contribution in [3.63, 3.8) is 0 Å². The van der Waals surface area contributed by atoms with Gasteiger partial charge in [0.2, 0.25) is 0 Å². The zero-order chi connectivity index (χ0) is 24.1. The average molecular weight is 470 g/mol. The number of benzene rings is 3. The van der Waals surface area contributed by atoms with Gasteiger partial charge in [-0.1, -0.05) is 24.3 Å². The van der Waals surface area contributed by atoms with Crippen molar-refractivity contribution in [2.75, 3.05) is 33.3 Å². The van der Waals surface area contributed by atoms with Crippen molar-refractivity contribution in [2.45, 2.75) is 0 Å². The van der Waals surface area contributed by atoms with E-state index in [9.17, 15) is 14.4 Å². The summed E-state index contributed by atoms with van der Waals surface area (Å²) in [5, 5.41) is 12.2. The highest BCUT2D eigenvalue weighted by Gasteiger charge is 2.43. The molecule has 2 aliphatic rings. The van der Waals surface area contributed by atoms with Gasteiger partial charge in [0.15, 0.2) is 6.29 Å². The number of likely N-dealkylation sites (tertiary alicyclic amines) is 2. The van der Waals surface area contributed by atoms with E-state index in [1.165, 1.54) is 0 Å². The molecular formula is C26H23N5O4. The number of methoxy groups -OCH3 is 1. The van der Waals surface area contributed by atoms with Crippen LogP contribution in [0, 0.1) is 11.8 Å². The van der Waals surface area contributed by atoms with Crippen molar-refractivity contribution in [3.8, 4) is 5.75 Å². The van der Waals surface area contributed by atoms with Crippen LogP contribution in [-0.2, 0) is 0 Å². The molecule has 0 radical (unpaired) electrons. The third-order valence-corrected chi connectivity index (χ3v) is 7.24. The number of rotatable bonds is 4. The van der Waals surface area contributed by atoms with E-state index >= 15 is 0 Å². The van der Waals surface area contributed by atoms with Crippen molar-refractivity contribution >= 4 is 39.9 Å². The van der Waals surface area contributed by atoms with Crippen LogP contribution >= 0.6 is 0 Å². The topological polar surface area (TPSA) is 108 Å². The second-order valence-electron chi connectivity index (χ2n) is 9.17. The SMILES string of the molecule is COc1cc(C(=O)N2C[C@H]3CN(C(=O)c4ccc5n[nH]nc5c4)C[C@@H]3C2)c(C=O)c2ccccc12. The normalized spacial score (nSPS) is 19.3. The van der Waals surface area contributed by atoms with Gasteiger partial charge in [-0.3, -0.25) is 14.4 Å². The van der Waals surface area contributed by atoms with E-state index in [2.05, 4.69) is 15.4 Å². The summed E-state index contributed by atoms with van der Waals surface area (Å²) in [4.78, 5) is 42.3. The first-order valence-electron chi connectivity index (χ1n) is 11.5. The molecule has 0 aliphatic carbocycles. The lowest BCUT2D eigenvalue weighted by Crippen LogP contribution is -2.36. The number of nitrogens with zero attached hydrogens (tertiary/aromatic N) is 4. The molecule has 4 aromatic rings. The van der Waals surface area contributed by atoms with Crippen LogP contribution in [0.3, 0.4) is 0 Å². The summed E-state index contributed by atoms with van der Waals surface area (Å²) in [7, 11) is 1.56. The van der Waals surface area contributed by atoms with Crippen molar-refractivity contribution in [1.29, 1.82) is 0 Å². The fourth-order valence-corrected chi connectivity index (χ4v) is 5.49. The van der Waals surface area contributed by atoms with Gasteiger partial charge in [-0.05, 0) is 29.7 Å². The third kappa shape index (κ3) is 3.42. The molecule has 9 heteroatoms. The molecule has 2 amide bonds. The van der Waals surface area contributed by atoms with Crippen LogP contribution in [0.4, 0.5) is 0 Å². The number of amides is 2. The second-order valence-corrected chi connectivity index (χ2v) is 9.17. The highest BCUT2D eigenvalue weighted by molar-refractivity contribution is 6.11. The predicted octanol–water partition coefficient (Wildman–Crippen LogP) is 2.78. The first-order chi connectivity index (χ1) is 17.1. The maximum atomic E-state index is 13.5. The van der Waals surface area contributed by atoms with Gasteiger partial charge in [0.25, 0.3) is 11.8 Å². The lowest BCUT2D eigenvalue weighted by atomic mass is 9.98. The number of carbonyl (C=O) groups is 3. The maximum absolute atomic E-state index is 13.5. The van der Waals surface area contributed by atoms with Crippen molar-refractivity contribution in [1.82, 2.24) is 25.2 Å². The number of aromatic amines is 1.